The van der Waals surface area contributed by atoms with E-state index in [2.05, 4.69) is 16.1 Å². The zero-order chi connectivity index (χ0) is 24.5. The van der Waals surface area contributed by atoms with Crippen LogP contribution in [0, 0.1) is 5.92 Å². The lowest BCUT2D eigenvalue weighted by Crippen LogP contribution is -2.42. The van der Waals surface area contributed by atoms with Crippen molar-refractivity contribution in [2.75, 3.05) is 18.4 Å². The van der Waals surface area contributed by atoms with E-state index in [1.807, 2.05) is 20.8 Å². The summed E-state index contributed by atoms with van der Waals surface area (Å²) in [5.41, 5.74) is 5.05. The van der Waals surface area contributed by atoms with Gasteiger partial charge in [-0.05, 0) is 100 Å². The van der Waals surface area contributed by atoms with E-state index in [0.29, 0.717) is 13.1 Å². The number of amides is 3. The number of hydrogen-bond donors (Lipinski definition) is 2. The highest BCUT2D eigenvalue weighted by Gasteiger charge is 2.28. The number of anilines is 1. The van der Waals surface area contributed by atoms with Crippen molar-refractivity contribution in [3.63, 3.8) is 0 Å². The number of nitrogens with one attached hydrogen (secondary N) is 2. The lowest BCUT2D eigenvalue weighted by Gasteiger charge is -2.33. The lowest BCUT2D eigenvalue weighted by molar-refractivity contribution is 0.0187. The van der Waals surface area contributed by atoms with Crippen LogP contribution in [0.5, 0.6) is 0 Å². The molecular weight excluding hydrogens is 454 g/mol. The highest BCUT2D eigenvalue weighted by atomic mass is 32.2. The van der Waals surface area contributed by atoms with Gasteiger partial charge in [0.25, 0.3) is 10.0 Å². The van der Waals surface area contributed by atoms with Crippen molar-refractivity contribution >= 4 is 27.8 Å². The van der Waals surface area contributed by atoms with Gasteiger partial charge in [0.1, 0.15) is 5.60 Å². The van der Waals surface area contributed by atoms with Crippen LogP contribution in [0.3, 0.4) is 0 Å². The summed E-state index contributed by atoms with van der Waals surface area (Å²) in [6.45, 7) is 6.41. The number of fused-ring (bicyclic) bond motifs is 2. The molecule has 4 rings (SSSR count). The summed E-state index contributed by atoms with van der Waals surface area (Å²) in [6, 6.07) is 1.52. The standard InChI is InChI=1S/C25H35N3O5S/c1-25(2,3)33-24(30)28-13-6-7-17(16-28)12-14-34(31,32)27-23(29)26-22-20-10-4-8-18(20)15-19-9-5-11-21(19)22/h12,14-15,17H,4-11,13,16H2,1-3H3,(H2,26,27,29)/b14-12+. The van der Waals surface area contributed by atoms with Gasteiger partial charge >= 0.3 is 12.1 Å². The summed E-state index contributed by atoms with van der Waals surface area (Å²) >= 11 is 0. The van der Waals surface area contributed by atoms with Crippen LogP contribution in [-0.4, -0.2) is 44.1 Å². The van der Waals surface area contributed by atoms with E-state index < -0.39 is 27.7 Å². The van der Waals surface area contributed by atoms with E-state index in [1.54, 1.807) is 11.0 Å². The van der Waals surface area contributed by atoms with Crippen molar-refractivity contribution in [3.8, 4) is 0 Å². The van der Waals surface area contributed by atoms with Crippen LogP contribution in [0.2, 0.25) is 0 Å². The SMILES string of the molecule is CC(C)(C)OC(=O)N1CCCC(/C=C/S(=O)(=O)NC(=O)Nc2c3c(cc4c2CCC4)CCC3)C1. The smallest absolute Gasteiger partial charge is 0.410 e. The summed E-state index contributed by atoms with van der Waals surface area (Å²) < 4.78 is 32.7. The molecule has 2 N–H and O–H groups in total. The maximum absolute atomic E-state index is 12.6. The van der Waals surface area contributed by atoms with E-state index in [4.69, 9.17) is 4.74 Å². The summed E-state index contributed by atoms with van der Waals surface area (Å²) in [5, 5.41) is 3.89. The first-order chi connectivity index (χ1) is 16.0. The number of sulfonamides is 1. The highest BCUT2D eigenvalue weighted by molar-refractivity contribution is 7.92. The Labute approximate surface area is 202 Å². The first-order valence-corrected chi connectivity index (χ1v) is 13.7. The van der Waals surface area contributed by atoms with E-state index in [-0.39, 0.29) is 5.92 Å². The van der Waals surface area contributed by atoms with Gasteiger partial charge in [0.2, 0.25) is 0 Å². The zero-order valence-corrected chi connectivity index (χ0v) is 21.1. The largest absolute Gasteiger partial charge is 0.444 e. The number of piperidine rings is 1. The Hall–Kier alpha value is -2.55. The first kappa shape index (κ1) is 24.6. The van der Waals surface area contributed by atoms with Crippen LogP contribution >= 0.6 is 0 Å². The fourth-order valence-corrected chi connectivity index (χ4v) is 5.95. The average molecular weight is 490 g/mol. The Kier molecular flexibility index (Phi) is 6.94. The Bertz CT molecular complexity index is 1070. The predicted molar refractivity (Wildman–Crippen MR) is 131 cm³/mol. The second kappa shape index (κ2) is 9.60. The normalized spacial score (nSPS) is 20.2. The van der Waals surface area contributed by atoms with Gasteiger partial charge in [-0.25, -0.2) is 22.7 Å². The molecule has 1 aromatic rings. The average Bonchev–Trinajstić information content (AvgIpc) is 3.40. The van der Waals surface area contributed by atoms with Crippen molar-refractivity contribution in [1.82, 2.24) is 9.62 Å². The molecule has 1 unspecified atom stereocenters. The monoisotopic (exact) mass is 489 g/mol. The van der Waals surface area contributed by atoms with Crippen molar-refractivity contribution in [2.45, 2.75) is 77.7 Å². The maximum atomic E-state index is 12.6. The number of nitrogens with zero attached hydrogens (tertiary/aromatic N) is 1. The van der Waals surface area contributed by atoms with Gasteiger partial charge in [-0.3, -0.25) is 0 Å². The number of urea groups is 1. The molecule has 0 radical (unpaired) electrons. The molecule has 2 aliphatic carbocycles. The molecule has 3 aliphatic rings. The number of carbonyl (C=O) groups is 2. The van der Waals surface area contributed by atoms with Crippen LogP contribution in [-0.2, 0) is 40.4 Å². The summed E-state index contributed by atoms with van der Waals surface area (Å²) in [5.74, 6) is -0.124. The molecule has 9 heteroatoms. The molecule has 1 saturated heterocycles. The van der Waals surface area contributed by atoms with Gasteiger partial charge < -0.3 is 15.0 Å². The van der Waals surface area contributed by atoms with Crippen molar-refractivity contribution in [1.29, 1.82) is 0 Å². The van der Waals surface area contributed by atoms with Crippen LogP contribution in [0.15, 0.2) is 17.6 Å². The van der Waals surface area contributed by atoms with Crippen molar-refractivity contribution < 1.29 is 22.7 Å². The summed E-state index contributed by atoms with van der Waals surface area (Å²) in [4.78, 5) is 26.6. The number of aryl methyl sites for hydroxylation is 2. The third-order valence-electron chi connectivity index (χ3n) is 6.59. The molecule has 1 atom stereocenters. The second-order valence-corrected chi connectivity index (χ2v) is 12.1. The minimum absolute atomic E-state index is 0.124. The first-order valence-electron chi connectivity index (χ1n) is 12.2. The van der Waals surface area contributed by atoms with Crippen LogP contribution in [0.1, 0.15) is 68.7 Å². The molecule has 0 bridgehead atoms. The fraction of sp³-hybridized carbons (Fsp3) is 0.600. The van der Waals surface area contributed by atoms with E-state index in [9.17, 15) is 18.0 Å². The summed E-state index contributed by atoms with van der Waals surface area (Å²) in [7, 11) is -3.97. The number of hydrogen-bond acceptors (Lipinski definition) is 5. The highest BCUT2D eigenvalue weighted by Crippen LogP contribution is 2.38. The minimum atomic E-state index is -3.97. The molecule has 34 heavy (non-hydrogen) atoms. The lowest BCUT2D eigenvalue weighted by atomic mass is 9.99. The quantitative estimate of drug-likeness (QED) is 0.657. The van der Waals surface area contributed by atoms with Gasteiger partial charge in [0.15, 0.2) is 0 Å². The van der Waals surface area contributed by atoms with E-state index in [0.717, 1.165) is 73.6 Å². The van der Waals surface area contributed by atoms with Gasteiger partial charge in [-0.15, -0.1) is 0 Å². The number of benzene rings is 1. The van der Waals surface area contributed by atoms with Gasteiger partial charge in [-0.2, -0.15) is 0 Å². The number of rotatable bonds is 4. The maximum Gasteiger partial charge on any atom is 0.410 e. The Morgan fingerprint density at radius 3 is 2.32 bits per heavy atom. The zero-order valence-electron chi connectivity index (χ0n) is 20.3. The molecular formula is C25H35N3O5S. The summed E-state index contributed by atoms with van der Waals surface area (Å²) in [6.07, 6.45) is 8.60. The molecule has 1 aliphatic heterocycles. The molecule has 3 amide bonds. The van der Waals surface area contributed by atoms with Gasteiger partial charge in [0, 0.05) is 24.2 Å². The molecule has 0 spiro atoms. The molecule has 186 valence electrons. The fourth-order valence-electron chi connectivity index (χ4n) is 5.14. The Morgan fingerprint density at radius 1 is 1.06 bits per heavy atom. The van der Waals surface area contributed by atoms with Crippen LogP contribution < -0.4 is 10.0 Å². The van der Waals surface area contributed by atoms with E-state index in [1.165, 1.54) is 11.1 Å². The third kappa shape index (κ3) is 5.92. The second-order valence-electron chi connectivity index (χ2n) is 10.5. The van der Waals surface area contributed by atoms with Crippen molar-refractivity contribution in [2.24, 2.45) is 5.92 Å². The number of ether oxygens (including phenoxy) is 1. The van der Waals surface area contributed by atoms with Crippen LogP contribution in [0.25, 0.3) is 0 Å². The topological polar surface area (TPSA) is 105 Å². The molecule has 1 fully saturated rings. The number of likely N-dealkylation sites (tertiary alicyclic amines) is 1. The van der Waals surface area contributed by atoms with E-state index >= 15 is 0 Å². The number of carbonyl (C=O) groups excluding carboxylic acids is 2. The van der Waals surface area contributed by atoms with Crippen LogP contribution in [0.4, 0.5) is 15.3 Å². The Morgan fingerprint density at radius 2 is 1.71 bits per heavy atom. The predicted octanol–water partition coefficient (Wildman–Crippen LogP) is 4.28. The molecule has 0 saturated carbocycles. The van der Waals surface area contributed by atoms with Gasteiger partial charge in [-0.1, -0.05) is 12.1 Å². The molecule has 8 nitrogen and oxygen atoms in total. The molecule has 0 aromatic heterocycles. The Balaban J connectivity index is 1.38. The molecule has 1 heterocycles. The molecule has 1 aromatic carbocycles. The third-order valence-corrected chi connectivity index (χ3v) is 7.57. The minimum Gasteiger partial charge on any atom is -0.444 e. The van der Waals surface area contributed by atoms with Crippen molar-refractivity contribution in [3.05, 3.63) is 39.8 Å². The van der Waals surface area contributed by atoms with Gasteiger partial charge in [0.05, 0.1) is 0 Å².